The number of fused-ring (bicyclic) bond motifs is 1. The van der Waals surface area contributed by atoms with Gasteiger partial charge in [0.05, 0.1) is 24.1 Å². The summed E-state index contributed by atoms with van der Waals surface area (Å²) in [5.41, 5.74) is 0.441. The lowest BCUT2D eigenvalue weighted by Crippen LogP contribution is -2.19. The van der Waals surface area contributed by atoms with Crippen LogP contribution in [-0.4, -0.2) is 53.0 Å². The molecule has 1 aliphatic carbocycles. The third-order valence-electron chi connectivity index (χ3n) is 5.76. The molecule has 3 N–H and O–H groups in total. The van der Waals surface area contributed by atoms with Crippen LogP contribution in [0.2, 0.25) is 0 Å². The van der Waals surface area contributed by atoms with Crippen LogP contribution in [0.5, 0.6) is 0 Å². The van der Waals surface area contributed by atoms with Crippen LogP contribution in [-0.2, 0) is 10.9 Å². The van der Waals surface area contributed by atoms with E-state index in [-0.39, 0.29) is 24.1 Å². The Hall–Kier alpha value is -2.92. The van der Waals surface area contributed by atoms with Gasteiger partial charge in [0.1, 0.15) is 17.3 Å². The van der Waals surface area contributed by atoms with Gasteiger partial charge in [-0.3, -0.25) is 0 Å². The highest BCUT2D eigenvalue weighted by Crippen LogP contribution is 2.38. The second kappa shape index (κ2) is 11.7. The van der Waals surface area contributed by atoms with Gasteiger partial charge < -0.3 is 24.9 Å². The Labute approximate surface area is 202 Å². The second-order valence-electron chi connectivity index (χ2n) is 8.19. The van der Waals surface area contributed by atoms with Crippen molar-refractivity contribution in [1.82, 2.24) is 15.0 Å². The van der Waals surface area contributed by atoms with Gasteiger partial charge in [-0.05, 0) is 44.2 Å². The molecule has 0 aliphatic heterocycles. The largest absolute Gasteiger partial charge is 0.454 e. The van der Waals surface area contributed by atoms with E-state index in [0.29, 0.717) is 47.3 Å². The molecule has 192 valence electrons. The van der Waals surface area contributed by atoms with Crippen LogP contribution in [0.4, 0.5) is 24.9 Å². The highest BCUT2D eigenvalue weighted by Gasteiger charge is 2.33. The van der Waals surface area contributed by atoms with Crippen LogP contribution < -0.4 is 10.6 Å². The van der Waals surface area contributed by atoms with Gasteiger partial charge in [0.2, 0.25) is 5.95 Å². The number of aromatic nitrogens is 3. The van der Waals surface area contributed by atoms with Gasteiger partial charge in [-0.2, -0.15) is 18.2 Å². The van der Waals surface area contributed by atoms with Gasteiger partial charge in [-0.15, -0.1) is 0 Å². The first-order chi connectivity index (χ1) is 16.8. The second-order valence-corrected chi connectivity index (χ2v) is 8.19. The SMILES string of the molecule is CC.COCCNc1nc(C)c(-c2cc3cc(C(F)(F)F)ncc3o2)c(NC2CCC(CO)C2)n1. The lowest BCUT2D eigenvalue weighted by Gasteiger charge is -2.18. The van der Waals surface area contributed by atoms with Crippen molar-refractivity contribution in [3.05, 3.63) is 29.7 Å². The fraction of sp³-hybridized carbons (Fsp3) is 0.542. The molecule has 1 saturated carbocycles. The Morgan fingerprint density at radius 3 is 2.63 bits per heavy atom. The Balaban J connectivity index is 0.00000167. The summed E-state index contributed by atoms with van der Waals surface area (Å²) in [6.07, 6.45) is -0.889. The fourth-order valence-corrected chi connectivity index (χ4v) is 4.11. The van der Waals surface area contributed by atoms with E-state index >= 15 is 0 Å². The zero-order chi connectivity index (χ0) is 25.6. The number of nitrogens with zero attached hydrogens (tertiary/aromatic N) is 3. The van der Waals surface area contributed by atoms with Crippen LogP contribution in [0.15, 0.2) is 22.7 Å². The summed E-state index contributed by atoms with van der Waals surface area (Å²) in [6.45, 7) is 6.92. The average Bonchev–Trinajstić information content (AvgIpc) is 3.46. The van der Waals surface area contributed by atoms with Crippen molar-refractivity contribution in [2.75, 3.05) is 37.5 Å². The third kappa shape index (κ3) is 6.40. The minimum atomic E-state index is -4.54. The first-order valence-electron chi connectivity index (χ1n) is 11.7. The summed E-state index contributed by atoms with van der Waals surface area (Å²) in [4.78, 5) is 12.6. The number of aliphatic hydroxyl groups is 1. The topological polar surface area (TPSA) is 105 Å². The summed E-state index contributed by atoms with van der Waals surface area (Å²) in [5, 5.41) is 16.3. The number of hydrogen-bond acceptors (Lipinski definition) is 8. The highest BCUT2D eigenvalue weighted by molar-refractivity contribution is 5.86. The molecule has 0 saturated heterocycles. The van der Waals surface area contributed by atoms with E-state index in [2.05, 4.69) is 25.6 Å². The van der Waals surface area contributed by atoms with Gasteiger partial charge in [-0.25, -0.2) is 9.97 Å². The van der Waals surface area contributed by atoms with Gasteiger partial charge >= 0.3 is 6.18 Å². The number of alkyl halides is 3. The summed E-state index contributed by atoms with van der Waals surface area (Å²) >= 11 is 0. The Morgan fingerprint density at radius 2 is 1.97 bits per heavy atom. The van der Waals surface area contributed by atoms with E-state index in [1.54, 1.807) is 20.1 Å². The minimum Gasteiger partial charge on any atom is -0.454 e. The molecule has 3 heterocycles. The Morgan fingerprint density at radius 1 is 1.20 bits per heavy atom. The lowest BCUT2D eigenvalue weighted by molar-refractivity contribution is -0.141. The highest BCUT2D eigenvalue weighted by atomic mass is 19.4. The van der Waals surface area contributed by atoms with Crippen LogP contribution in [0, 0.1) is 12.8 Å². The number of ether oxygens (including phenoxy) is 1. The molecule has 1 fully saturated rings. The normalized spacial score (nSPS) is 17.8. The van der Waals surface area contributed by atoms with Gasteiger partial charge in [0, 0.05) is 31.7 Å². The molecule has 35 heavy (non-hydrogen) atoms. The standard InChI is InChI=1S/C22H26F3N5O3.C2H6/c1-12-19(16-8-14-9-18(22(23,24)25)27-10-17(14)33-16)20(29-15-4-3-13(7-15)11-31)30-21(28-12)26-5-6-32-2;1-2/h8-10,13,15,31H,3-7,11H2,1-2H3,(H2,26,28,29,30);1-2H3. The number of halogens is 3. The van der Waals surface area contributed by atoms with Crippen LogP contribution >= 0.6 is 0 Å². The van der Waals surface area contributed by atoms with Crippen LogP contribution in [0.3, 0.4) is 0 Å². The number of aryl methyl sites for hydroxylation is 1. The van der Waals surface area contributed by atoms with E-state index in [1.807, 2.05) is 13.8 Å². The third-order valence-corrected chi connectivity index (χ3v) is 5.76. The predicted molar refractivity (Wildman–Crippen MR) is 128 cm³/mol. The molecule has 0 amide bonds. The summed E-state index contributed by atoms with van der Waals surface area (Å²) in [7, 11) is 1.60. The summed E-state index contributed by atoms with van der Waals surface area (Å²) < 4.78 is 50.1. The van der Waals surface area contributed by atoms with Crippen molar-refractivity contribution in [1.29, 1.82) is 0 Å². The lowest BCUT2D eigenvalue weighted by atomic mass is 10.1. The molecule has 3 aromatic rings. The van der Waals surface area contributed by atoms with Crippen molar-refractivity contribution >= 4 is 22.7 Å². The zero-order valence-corrected chi connectivity index (χ0v) is 20.4. The quantitative estimate of drug-likeness (QED) is 0.363. The number of hydrogen-bond donors (Lipinski definition) is 3. The monoisotopic (exact) mass is 495 g/mol. The van der Waals surface area contributed by atoms with Gasteiger partial charge in [0.25, 0.3) is 0 Å². The number of pyridine rings is 1. The van der Waals surface area contributed by atoms with Gasteiger partial charge in [-0.1, -0.05) is 13.8 Å². The number of rotatable bonds is 8. The molecule has 4 rings (SSSR count). The maximum atomic E-state index is 13.1. The van der Waals surface area contributed by atoms with E-state index in [9.17, 15) is 18.3 Å². The maximum absolute atomic E-state index is 13.1. The fourth-order valence-electron chi connectivity index (χ4n) is 4.11. The first kappa shape index (κ1) is 26.7. The van der Waals surface area contributed by atoms with Crippen molar-refractivity contribution in [2.24, 2.45) is 5.92 Å². The number of furan rings is 1. The molecule has 1 aliphatic rings. The van der Waals surface area contributed by atoms with E-state index in [4.69, 9.17) is 9.15 Å². The molecular formula is C24H32F3N5O3. The molecule has 0 bridgehead atoms. The van der Waals surface area contributed by atoms with Crippen molar-refractivity contribution in [2.45, 2.75) is 52.3 Å². The molecule has 0 aromatic carbocycles. The molecule has 8 nitrogen and oxygen atoms in total. The van der Waals surface area contributed by atoms with Crippen molar-refractivity contribution in [3.63, 3.8) is 0 Å². The summed E-state index contributed by atoms with van der Waals surface area (Å²) in [5.74, 6) is 1.51. The molecule has 0 spiro atoms. The van der Waals surface area contributed by atoms with Crippen LogP contribution in [0.25, 0.3) is 22.3 Å². The average molecular weight is 496 g/mol. The van der Waals surface area contributed by atoms with Crippen molar-refractivity contribution in [3.8, 4) is 11.3 Å². The van der Waals surface area contributed by atoms with E-state index in [0.717, 1.165) is 31.5 Å². The molecule has 0 radical (unpaired) electrons. The van der Waals surface area contributed by atoms with E-state index < -0.39 is 11.9 Å². The zero-order valence-electron chi connectivity index (χ0n) is 20.4. The minimum absolute atomic E-state index is 0.102. The predicted octanol–water partition coefficient (Wildman–Crippen LogP) is 5.27. The number of methoxy groups -OCH3 is 1. The van der Waals surface area contributed by atoms with Gasteiger partial charge in [0.15, 0.2) is 5.58 Å². The van der Waals surface area contributed by atoms with Crippen molar-refractivity contribution < 1.29 is 27.4 Å². The summed E-state index contributed by atoms with van der Waals surface area (Å²) in [6, 6.07) is 2.62. The number of aliphatic hydroxyl groups excluding tert-OH is 1. The number of anilines is 2. The molecule has 3 aromatic heterocycles. The molecular weight excluding hydrogens is 463 g/mol. The molecule has 2 unspecified atom stereocenters. The Bertz CT molecular complexity index is 1120. The number of nitrogens with one attached hydrogen (secondary N) is 2. The first-order valence-corrected chi connectivity index (χ1v) is 11.7. The molecule has 11 heteroatoms. The molecule has 2 atom stereocenters. The van der Waals surface area contributed by atoms with Crippen LogP contribution in [0.1, 0.15) is 44.5 Å². The Kier molecular flexibility index (Phi) is 8.90. The van der Waals surface area contributed by atoms with E-state index in [1.165, 1.54) is 0 Å². The smallest absolute Gasteiger partial charge is 0.433 e. The maximum Gasteiger partial charge on any atom is 0.433 e.